The molecule has 41 heavy (non-hydrogen) atoms. The normalized spacial score (nSPS) is 14.3. The molecule has 0 aliphatic carbocycles. The Morgan fingerprint density at radius 2 is 1.59 bits per heavy atom. The topological polar surface area (TPSA) is 118 Å². The number of sulfone groups is 1. The van der Waals surface area contributed by atoms with E-state index in [1.54, 1.807) is 11.0 Å². The van der Waals surface area contributed by atoms with Crippen molar-refractivity contribution in [3.8, 4) is 11.6 Å². The lowest BCUT2D eigenvalue weighted by molar-refractivity contribution is -0.0436. The molecule has 14 heteroatoms. The summed E-state index contributed by atoms with van der Waals surface area (Å²) in [5.74, 6) is -0.778. The zero-order valence-electron chi connectivity index (χ0n) is 21.4. The molecule has 1 fully saturated rings. The van der Waals surface area contributed by atoms with E-state index in [0.717, 1.165) is 33.2 Å². The molecule has 1 saturated heterocycles. The number of aromatic nitrogens is 3. The summed E-state index contributed by atoms with van der Waals surface area (Å²) in [7, 11) is -5.57. The third kappa shape index (κ3) is 5.42. The molecule has 5 rings (SSSR count). The lowest BCUT2D eigenvalue weighted by Crippen LogP contribution is -2.49. The summed E-state index contributed by atoms with van der Waals surface area (Å²) in [4.78, 5) is 33.5. The maximum atomic E-state index is 13.4. The predicted octanol–water partition coefficient (Wildman–Crippen LogP) is 3.04. The van der Waals surface area contributed by atoms with E-state index < -0.39 is 31.8 Å². The molecule has 4 aromatic rings. The van der Waals surface area contributed by atoms with Gasteiger partial charge in [0.25, 0.3) is 15.7 Å². The van der Waals surface area contributed by atoms with E-state index in [9.17, 15) is 36.3 Å². The minimum Gasteiger partial charge on any atom is -0.493 e. The maximum Gasteiger partial charge on any atom is 0.501 e. The quantitative estimate of drug-likeness (QED) is 0.369. The molecule has 0 saturated carbocycles. The number of amides is 1. The molecule has 1 aliphatic rings. The molecule has 0 unspecified atom stereocenters. The van der Waals surface area contributed by atoms with Crippen molar-refractivity contribution in [2.24, 2.45) is 0 Å². The molecule has 0 bridgehead atoms. The number of carbonyl (C=O) groups excluding carboxylic acids is 1. The summed E-state index contributed by atoms with van der Waals surface area (Å²) in [6.07, 6.45) is 4.01. The zero-order chi connectivity index (χ0) is 29.4. The number of para-hydroxylation sites is 1. The van der Waals surface area contributed by atoms with E-state index in [-0.39, 0.29) is 18.1 Å². The van der Waals surface area contributed by atoms with Crippen molar-refractivity contribution < 1.29 is 31.5 Å². The van der Waals surface area contributed by atoms with Crippen molar-refractivity contribution in [3.05, 3.63) is 101 Å². The second-order valence-corrected chi connectivity index (χ2v) is 11.3. The van der Waals surface area contributed by atoms with Gasteiger partial charge in [0.05, 0.1) is 28.9 Å². The molecular weight excluding hydrogens is 563 g/mol. The second-order valence-electron chi connectivity index (χ2n) is 9.32. The fourth-order valence-corrected chi connectivity index (χ4v) is 5.42. The summed E-state index contributed by atoms with van der Waals surface area (Å²) in [6, 6.07) is 14.8. The maximum absolute atomic E-state index is 13.4. The Kier molecular flexibility index (Phi) is 7.34. The number of anilines is 1. The van der Waals surface area contributed by atoms with Gasteiger partial charge >= 0.3 is 11.2 Å². The fraction of sp³-hybridized carbons (Fsp3) is 0.222. The van der Waals surface area contributed by atoms with Gasteiger partial charge in [-0.25, -0.2) is 17.8 Å². The van der Waals surface area contributed by atoms with Gasteiger partial charge in [-0.2, -0.15) is 13.2 Å². The number of hydrogen-bond donors (Lipinski definition) is 1. The number of aromatic hydroxyl groups is 1. The minimum absolute atomic E-state index is 0.0466. The van der Waals surface area contributed by atoms with Crippen LogP contribution in [0.15, 0.2) is 88.9 Å². The number of carbonyl (C=O) groups is 1. The van der Waals surface area contributed by atoms with Crippen LogP contribution in [0.3, 0.4) is 0 Å². The number of benzene rings is 2. The van der Waals surface area contributed by atoms with Gasteiger partial charge in [0.2, 0.25) is 5.88 Å². The first-order valence-corrected chi connectivity index (χ1v) is 13.9. The van der Waals surface area contributed by atoms with E-state index in [1.165, 1.54) is 12.4 Å². The number of hydrogen-bond acceptors (Lipinski definition) is 7. The zero-order valence-corrected chi connectivity index (χ0v) is 22.2. The largest absolute Gasteiger partial charge is 0.501 e. The molecule has 2 aromatic heterocycles. The average molecular weight is 588 g/mol. The Morgan fingerprint density at radius 1 is 0.927 bits per heavy atom. The number of rotatable bonds is 6. The van der Waals surface area contributed by atoms with Crippen LogP contribution in [0.5, 0.6) is 5.88 Å². The van der Waals surface area contributed by atoms with Gasteiger partial charge in [-0.1, -0.05) is 18.2 Å². The van der Waals surface area contributed by atoms with Crippen LogP contribution in [0.4, 0.5) is 18.9 Å². The number of nitrogens with zero attached hydrogens (tertiary/aromatic N) is 5. The molecule has 214 valence electrons. The lowest BCUT2D eigenvalue weighted by Gasteiger charge is -2.36. The minimum atomic E-state index is -5.57. The van der Waals surface area contributed by atoms with Crippen molar-refractivity contribution >= 4 is 21.4 Å². The van der Waals surface area contributed by atoms with Crippen LogP contribution in [-0.2, 0) is 16.4 Å². The summed E-state index contributed by atoms with van der Waals surface area (Å²) < 4.78 is 63.8. The van der Waals surface area contributed by atoms with Crippen molar-refractivity contribution in [1.29, 1.82) is 0 Å². The molecule has 0 atom stereocenters. The molecule has 0 radical (unpaired) electrons. The SMILES string of the molecule is O=C(c1cnccc1Cn1cc(O)n(-c2ccc(S(=O)(=O)C(F)(F)F)cc2)c1=O)N1CCN(c2ccccc2)CC1. The van der Waals surface area contributed by atoms with Crippen LogP contribution in [0.25, 0.3) is 5.69 Å². The summed E-state index contributed by atoms with van der Waals surface area (Å²) in [6.45, 7) is 2.15. The van der Waals surface area contributed by atoms with Crippen molar-refractivity contribution in [3.63, 3.8) is 0 Å². The number of alkyl halides is 3. The van der Waals surface area contributed by atoms with Gasteiger partial charge in [-0.05, 0) is 48.0 Å². The van der Waals surface area contributed by atoms with Gasteiger partial charge in [-0.3, -0.25) is 14.3 Å². The average Bonchev–Trinajstić information content (AvgIpc) is 3.25. The second kappa shape index (κ2) is 10.8. The van der Waals surface area contributed by atoms with Gasteiger partial charge in [0.15, 0.2) is 0 Å². The highest BCUT2D eigenvalue weighted by molar-refractivity contribution is 7.92. The van der Waals surface area contributed by atoms with Crippen molar-refractivity contribution in [2.45, 2.75) is 16.9 Å². The van der Waals surface area contributed by atoms with Gasteiger partial charge < -0.3 is 14.9 Å². The first kappa shape index (κ1) is 28.0. The Labute approximate surface area is 232 Å². The highest BCUT2D eigenvalue weighted by Gasteiger charge is 2.46. The highest BCUT2D eigenvalue weighted by Crippen LogP contribution is 2.31. The molecule has 2 aromatic carbocycles. The van der Waals surface area contributed by atoms with Crippen molar-refractivity contribution in [2.75, 3.05) is 31.1 Å². The van der Waals surface area contributed by atoms with Crippen LogP contribution in [-0.4, -0.2) is 70.1 Å². The van der Waals surface area contributed by atoms with Gasteiger partial charge in [0.1, 0.15) is 0 Å². The number of imidazole rings is 1. The lowest BCUT2D eigenvalue weighted by atomic mass is 10.1. The molecule has 3 heterocycles. The molecular formula is C27H24F3N5O5S. The van der Waals surface area contributed by atoms with Gasteiger partial charge in [0, 0.05) is 44.3 Å². The Hall–Kier alpha value is -4.59. The Morgan fingerprint density at radius 3 is 2.22 bits per heavy atom. The van der Waals surface area contributed by atoms with Crippen molar-refractivity contribution in [1.82, 2.24) is 19.0 Å². The number of piperazine rings is 1. The molecule has 1 aliphatic heterocycles. The first-order valence-electron chi connectivity index (χ1n) is 12.4. The third-order valence-electron chi connectivity index (χ3n) is 6.82. The van der Waals surface area contributed by atoms with Crippen LogP contribution >= 0.6 is 0 Å². The third-order valence-corrected chi connectivity index (χ3v) is 8.32. The van der Waals surface area contributed by atoms with E-state index >= 15 is 0 Å². The Balaban J connectivity index is 1.35. The van der Waals surface area contributed by atoms with E-state index in [0.29, 0.717) is 49.4 Å². The van der Waals surface area contributed by atoms with E-state index in [1.807, 2.05) is 30.3 Å². The standard InChI is InChI=1S/C27H24F3N5O5S/c28-27(29,30)41(39,40)22-8-6-21(7-9-22)35-24(36)18-34(26(35)38)17-19-10-11-31-16-23(19)25(37)33-14-12-32(13-15-33)20-4-2-1-3-5-20/h1-11,16,18,36H,12-15,17H2. The van der Waals surface area contributed by atoms with Crippen LogP contribution < -0.4 is 10.6 Å². The van der Waals surface area contributed by atoms with E-state index in [2.05, 4.69) is 9.88 Å². The molecule has 1 amide bonds. The van der Waals surface area contributed by atoms with E-state index in [4.69, 9.17) is 0 Å². The summed E-state index contributed by atoms with van der Waals surface area (Å²) >= 11 is 0. The van der Waals surface area contributed by atoms with Crippen LogP contribution in [0, 0.1) is 0 Å². The van der Waals surface area contributed by atoms with Crippen LogP contribution in [0.1, 0.15) is 15.9 Å². The molecule has 0 spiro atoms. The predicted molar refractivity (Wildman–Crippen MR) is 143 cm³/mol. The summed E-state index contributed by atoms with van der Waals surface area (Å²) in [5.41, 5.74) is -4.44. The fourth-order valence-electron chi connectivity index (χ4n) is 4.66. The highest BCUT2D eigenvalue weighted by atomic mass is 32.2. The summed E-state index contributed by atoms with van der Waals surface area (Å²) in [5, 5.41) is 10.5. The van der Waals surface area contributed by atoms with Crippen LogP contribution in [0.2, 0.25) is 0 Å². The first-order chi connectivity index (χ1) is 19.5. The monoisotopic (exact) mass is 587 g/mol. The van der Waals surface area contributed by atoms with Gasteiger partial charge in [-0.15, -0.1) is 0 Å². The number of pyridine rings is 1. The Bertz CT molecular complexity index is 1730. The number of halogens is 3. The molecule has 1 N–H and O–H groups in total. The molecule has 10 nitrogen and oxygen atoms in total. The smallest absolute Gasteiger partial charge is 0.493 e.